The van der Waals surface area contributed by atoms with Gasteiger partial charge in [-0.1, -0.05) is 18.2 Å². The molecule has 0 spiro atoms. The average Bonchev–Trinajstić information content (AvgIpc) is 3.20. The van der Waals surface area contributed by atoms with Crippen LogP contribution in [-0.2, 0) is 14.3 Å². The Kier molecular flexibility index (Phi) is 6.09. The van der Waals surface area contributed by atoms with Gasteiger partial charge in [-0.25, -0.2) is 9.18 Å². The van der Waals surface area contributed by atoms with E-state index >= 15 is 0 Å². The number of nitrogens with one attached hydrogen (secondary N) is 1. The molecule has 1 aliphatic rings. The number of methoxy groups -OCH3 is 1. The molecule has 3 rings (SSSR count). The van der Waals surface area contributed by atoms with Gasteiger partial charge in [0.2, 0.25) is 0 Å². The third kappa shape index (κ3) is 4.22. The SMILES string of the molecule is CCOC(=O)C1=C(C(=O)Nc2ccc(-c3cccc(OC)c3)cc2F)CCC1. The molecule has 28 heavy (non-hydrogen) atoms. The molecule has 0 heterocycles. The van der Waals surface area contributed by atoms with Gasteiger partial charge in [0.25, 0.3) is 5.91 Å². The summed E-state index contributed by atoms with van der Waals surface area (Å²) in [6.07, 6.45) is 1.68. The quantitative estimate of drug-likeness (QED) is 0.747. The van der Waals surface area contributed by atoms with Gasteiger partial charge in [-0.15, -0.1) is 0 Å². The lowest BCUT2D eigenvalue weighted by molar-refractivity contribution is -0.138. The maximum atomic E-state index is 14.6. The van der Waals surface area contributed by atoms with Crippen molar-refractivity contribution in [2.45, 2.75) is 26.2 Å². The van der Waals surface area contributed by atoms with E-state index in [2.05, 4.69) is 5.32 Å². The van der Waals surface area contributed by atoms with E-state index in [9.17, 15) is 14.0 Å². The number of anilines is 1. The van der Waals surface area contributed by atoms with Gasteiger partial charge < -0.3 is 14.8 Å². The first-order valence-corrected chi connectivity index (χ1v) is 9.18. The maximum Gasteiger partial charge on any atom is 0.334 e. The predicted molar refractivity (Wildman–Crippen MR) is 105 cm³/mol. The Morgan fingerprint density at radius 3 is 2.54 bits per heavy atom. The van der Waals surface area contributed by atoms with Crippen molar-refractivity contribution in [2.24, 2.45) is 0 Å². The zero-order chi connectivity index (χ0) is 20.1. The van der Waals surface area contributed by atoms with E-state index in [0.717, 1.165) is 5.56 Å². The number of esters is 1. The van der Waals surface area contributed by atoms with E-state index in [4.69, 9.17) is 9.47 Å². The van der Waals surface area contributed by atoms with Crippen LogP contribution in [0.2, 0.25) is 0 Å². The molecule has 1 aliphatic carbocycles. The number of rotatable bonds is 6. The molecule has 0 aromatic heterocycles. The normalized spacial score (nSPS) is 13.4. The summed E-state index contributed by atoms with van der Waals surface area (Å²) in [6, 6.07) is 11.9. The van der Waals surface area contributed by atoms with Gasteiger partial charge in [0, 0.05) is 11.1 Å². The summed E-state index contributed by atoms with van der Waals surface area (Å²) in [6.45, 7) is 1.96. The van der Waals surface area contributed by atoms with Gasteiger partial charge in [0.1, 0.15) is 11.6 Å². The predicted octanol–water partition coefficient (Wildman–Crippen LogP) is 4.48. The number of carbonyl (C=O) groups is 2. The first kappa shape index (κ1) is 19.6. The zero-order valence-corrected chi connectivity index (χ0v) is 15.9. The fourth-order valence-electron chi connectivity index (χ4n) is 3.23. The Morgan fingerprint density at radius 1 is 1.07 bits per heavy atom. The minimum atomic E-state index is -0.551. The van der Waals surface area contributed by atoms with Crippen molar-refractivity contribution in [3.05, 3.63) is 59.4 Å². The Morgan fingerprint density at radius 2 is 1.82 bits per heavy atom. The molecule has 5 nitrogen and oxygen atoms in total. The molecule has 0 unspecified atom stereocenters. The molecular weight excluding hydrogens is 361 g/mol. The summed E-state index contributed by atoms with van der Waals surface area (Å²) in [5.74, 6) is -0.813. The van der Waals surface area contributed by atoms with Crippen LogP contribution in [0.4, 0.5) is 10.1 Å². The number of benzene rings is 2. The molecule has 1 amide bonds. The third-order valence-corrected chi connectivity index (χ3v) is 4.63. The highest BCUT2D eigenvalue weighted by molar-refractivity contribution is 6.09. The first-order valence-electron chi connectivity index (χ1n) is 9.18. The van der Waals surface area contributed by atoms with Crippen LogP contribution in [0, 0.1) is 5.82 Å². The van der Waals surface area contributed by atoms with Gasteiger partial charge in [-0.05, 0) is 61.6 Å². The van der Waals surface area contributed by atoms with Crippen molar-refractivity contribution >= 4 is 17.6 Å². The van der Waals surface area contributed by atoms with Crippen molar-refractivity contribution in [2.75, 3.05) is 19.0 Å². The van der Waals surface area contributed by atoms with E-state index in [0.29, 0.717) is 41.7 Å². The summed E-state index contributed by atoms with van der Waals surface area (Å²) in [5.41, 5.74) is 2.29. The summed E-state index contributed by atoms with van der Waals surface area (Å²) < 4.78 is 24.8. The lowest BCUT2D eigenvalue weighted by Gasteiger charge is -2.11. The Hall–Kier alpha value is -3.15. The molecule has 0 saturated carbocycles. The highest BCUT2D eigenvalue weighted by Gasteiger charge is 2.27. The minimum absolute atomic E-state index is 0.0688. The van der Waals surface area contributed by atoms with Crippen LogP contribution in [0.3, 0.4) is 0 Å². The highest BCUT2D eigenvalue weighted by Crippen LogP contribution is 2.30. The van der Waals surface area contributed by atoms with Gasteiger partial charge in [0.05, 0.1) is 19.4 Å². The van der Waals surface area contributed by atoms with Gasteiger partial charge in [-0.3, -0.25) is 4.79 Å². The highest BCUT2D eigenvalue weighted by atomic mass is 19.1. The van der Waals surface area contributed by atoms with Crippen LogP contribution in [0.25, 0.3) is 11.1 Å². The summed E-state index contributed by atoms with van der Waals surface area (Å²) in [7, 11) is 1.57. The molecule has 0 radical (unpaired) electrons. The van der Waals surface area contributed by atoms with Crippen LogP contribution < -0.4 is 10.1 Å². The van der Waals surface area contributed by atoms with E-state index < -0.39 is 17.7 Å². The maximum absolute atomic E-state index is 14.6. The molecule has 2 aromatic carbocycles. The number of halogens is 1. The van der Waals surface area contributed by atoms with Gasteiger partial charge in [-0.2, -0.15) is 0 Å². The Balaban J connectivity index is 1.80. The van der Waals surface area contributed by atoms with Crippen molar-refractivity contribution in [3.63, 3.8) is 0 Å². The number of hydrogen-bond acceptors (Lipinski definition) is 4. The molecule has 0 fully saturated rings. The second-order valence-corrected chi connectivity index (χ2v) is 6.41. The van der Waals surface area contributed by atoms with Crippen LogP contribution in [0.5, 0.6) is 5.75 Å². The number of hydrogen-bond donors (Lipinski definition) is 1. The topological polar surface area (TPSA) is 64.6 Å². The average molecular weight is 383 g/mol. The molecule has 6 heteroatoms. The molecule has 1 N–H and O–H groups in total. The monoisotopic (exact) mass is 383 g/mol. The smallest absolute Gasteiger partial charge is 0.334 e. The lowest BCUT2D eigenvalue weighted by Crippen LogP contribution is -2.18. The molecule has 2 aromatic rings. The largest absolute Gasteiger partial charge is 0.497 e. The van der Waals surface area contributed by atoms with Crippen LogP contribution in [-0.4, -0.2) is 25.6 Å². The van der Waals surface area contributed by atoms with E-state index in [1.807, 2.05) is 24.3 Å². The second kappa shape index (κ2) is 8.69. The van der Waals surface area contributed by atoms with Crippen molar-refractivity contribution in [1.82, 2.24) is 0 Å². The van der Waals surface area contributed by atoms with E-state index in [1.54, 1.807) is 20.1 Å². The minimum Gasteiger partial charge on any atom is -0.497 e. The molecule has 0 saturated heterocycles. The number of ether oxygens (including phenoxy) is 2. The molecule has 0 aliphatic heterocycles. The molecule has 146 valence electrons. The number of amides is 1. The second-order valence-electron chi connectivity index (χ2n) is 6.41. The standard InChI is InChI=1S/C22H22FNO4/c1-3-28-22(26)18-9-5-8-17(18)21(25)24-20-11-10-15(13-19(20)23)14-6-4-7-16(12-14)27-2/h4,6-7,10-13H,3,5,8-9H2,1-2H3,(H,24,25). The fraction of sp³-hybridized carbons (Fsp3) is 0.273. The lowest BCUT2D eigenvalue weighted by atomic mass is 10.0. The van der Waals surface area contributed by atoms with Crippen molar-refractivity contribution in [1.29, 1.82) is 0 Å². The number of carbonyl (C=O) groups excluding carboxylic acids is 2. The first-order chi connectivity index (χ1) is 13.5. The molecular formula is C22H22FNO4. The zero-order valence-electron chi connectivity index (χ0n) is 15.9. The fourth-order valence-corrected chi connectivity index (χ4v) is 3.23. The van der Waals surface area contributed by atoms with Crippen molar-refractivity contribution < 1.29 is 23.5 Å². The molecule has 0 atom stereocenters. The van der Waals surface area contributed by atoms with Crippen LogP contribution >= 0.6 is 0 Å². The summed E-state index contributed by atoms with van der Waals surface area (Å²) in [5, 5.41) is 2.58. The van der Waals surface area contributed by atoms with Crippen LogP contribution in [0.15, 0.2) is 53.6 Å². The van der Waals surface area contributed by atoms with E-state index in [-0.39, 0.29) is 12.3 Å². The van der Waals surface area contributed by atoms with Crippen molar-refractivity contribution in [3.8, 4) is 16.9 Å². The summed E-state index contributed by atoms with van der Waals surface area (Å²) in [4.78, 5) is 24.6. The molecule has 0 bridgehead atoms. The Labute approximate surface area is 163 Å². The van der Waals surface area contributed by atoms with Crippen LogP contribution in [0.1, 0.15) is 26.2 Å². The third-order valence-electron chi connectivity index (χ3n) is 4.63. The van der Waals surface area contributed by atoms with Gasteiger partial charge >= 0.3 is 5.97 Å². The van der Waals surface area contributed by atoms with E-state index in [1.165, 1.54) is 12.1 Å². The Bertz CT molecular complexity index is 936. The summed E-state index contributed by atoms with van der Waals surface area (Å²) >= 11 is 0. The van der Waals surface area contributed by atoms with Gasteiger partial charge in [0.15, 0.2) is 0 Å².